The largest absolute Gasteiger partial charge is 0.494 e. The van der Waals surface area contributed by atoms with Crippen LogP contribution in [0.2, 0.25) is 0 Å². The van der Waals surface area contributed by atoms with E-state index < -0.39 is 0 Å². The second-order valence-electron chi connectivity index (χ2n) is 7.67. The molecule has 0 aliphatic carbocycles. The van der Waals surface area contributed by atoms with Gasteiger partial charge in [-0.1, -0.05) is 55.0 Å². The van der Waals surface area contributed by atoms with Gasteiger partial charge in [0.2, 0.25) is 0 Å². The quantitative estimate of drug-likeness (QED) is 0.517. The first-order chi connectivity index (χ1) is 15.5. The van der Waals surface area contributed by atoms with Gasteiger partial charge in [-0.2, -0.15) is 0 Å². The second kappa shape index (κ2) is 9.10. The van der Waals surface area contributed by atoms with Crippen molar-refractivity contribution in [1.29, 1.82) is 0 Å². The number of rotatable bonds is 7. The summed E-state index contributed by atoms with van der Waals surface area (Å²) in [5, 5.41) is 3.19. The number of nitrogens with one attached hydrogen (secondary N) is 1. The van der Waals surface area contributed by atoms with E-state index in [2.05, 4.69) is 12.2 Å². The van der Waals surface area contributed by atoms with Crippen molar-refractivity contribution in [3.05, 3.63) is 95.2 Å². The number of nitrogens with zero attached hydrogens (tertiary/aromatic N) is 1. The van der Waals surface area contributed by atoms with Crippen molar-refractivity contribution in [3.8, 4) is 5.75 Å². The number of anilines is 2. The Morgan fingerprint density at radius 1 is 0.875 bits per heavy atom. The summed E-state index contributed by atoms with van der Waals surface area (Å²) in [6, 6.07) is 22.5. The molecule has 0 saturated heterocycles. The first-order valence-electron chi connectivity index (χ1n) is 10.8. The van der Waals surface area contributed by atoms with Crippen LogP contribution in [0.25, 0.3) is 5.57 Å². The van der Waals surface area contributed by atoms with E-state index in [4.69, 9.17) is 4.74 Å². The first-order valence-corrected chi connectivity index (χ1v) is 10.8. The van der Waals surface area contributed by atoms with Crippen LogP contribution in [0.3, 0.4) is 0 Å². The monoisotopic (exact) mass is 426 g/mol. The van der Waals surface area contributed by atoms with Crippen LogP contribution in [0, 0.1) is 6.92 Å². The highest BCUT2D eigenvalue weighted by Crippen LogP contribution is 2.34. The molecule has 5 heteroatoms. The zero-order chi connectivity index (χ0) is 22.7. The van der Waals surface area contributed by atoms with Crippen LogP contribution in [-0.4, -0.2) is 18.4 Å². The highest BCUT2D eigenvalue weighted by molar-refractivity contribution is 6.46. The number of carbonyl (C=O) groups is 2. The zero-order valence-electron chi connectivity index (χ0n) is 18.5. The molecule has 32 heavy (non-hydrogen) atoms. The lowest BCUT2D eigenvalue weighted by molar-refractivity contribution is -0.120. The van der Waals surface area contributed by atoms with Crippen LogP contribution < -0.4 is 15.0 Å². The molecule has 3 aromatic rings. The molecule has 162 valence electrons. The van der Waals surface area contributed by atoms with E-state index in [1.54, 1.807) is 0 Å². The summed E-state index contributed by atoms with van der Waals surface area (Å²) in [5.41, 5.74) is 4.78. The third-order valence-corrected chi connectivity index (χ3v) is 5.44. The number of benzene rings is 3. The third-order valence-electron chi connectivity index (χ3n) is 5.44. The molecule has 1 aliphatic rings. The van der Waals surface area contributed by atoms with E-state index in [1.807, 2.05) is 86.6 Å². The summed E-state index contributed by atoms with van der Waals surface area (Å²) >= 11 is 0. The molecular formula is C27H26N2O3. The molecule has 0 fully saturated rings. The number of aryl methyl sites for hydroxylation is 2. The summed E-state index contributed by atoms with van der Waals surface area (Å²) in [7, 11) is 0. The summed E-state index contributed by atoms with van der Waals surface area (Å²) in [6.45, 7) is 6.51. The first kappa shape index (κ1) is 21.4. The Morgan fingerprint density at radius 3 is 2.25 bits per heavy atom. The predicted molar refractivity (Wildman–Crippen MR) is 128 cm³/mol. The lowest BCUT2D eigenvalue weighted by Crippen LogP contribution is -2.32. The van der Waals surface area contributed by atoms with Crippen molar-refractivity contribution in [2.45, 2.75) is 27.2 Å². The topological polar surface area (TPSA) is 58.6 Å². The van der Waals surface area contributed by atoms with Crippen molar-refractivity contribution >= 4 is 28.8 Å². The van der Waals surface area contributed by atoms with Gasteiger partial charge < -0.3 is 10.1 Å². The van der Waals surface area contributed by atoms with Crippen LogP contribution >= 0.6 is 0 Å². The molecule has 3 aromatic carbocycles. The molecule has 0 spiro atoms. The molecule has 1 aliphatic heterocycles. The van der Waals surface area contributed by atoms with Gasteiger partial charge >= 0.3 is 0 Å². The molecule has 2 amide bonds. The van der Waals surface area contributed by atoms with Crippen molar-refractivity contribution in [1.82, 2.24) is 0 Å². The van der Waals surface area contributed by atoms with E-state index in [0.717, 1.165) is 17.5 Å². The number of amides is 2. The number of ether oxygens (including phenoxy) is 1. The average molecular weight is 427 g/mol. The Morgan fingerprint density at radius 2 is 1.59 bits per heavy atom. The molecular weight excluding hydrogens is 400 g/mol. The van der Waals surface area contributed by atoms with Crippen LogP contribution in [0.4, 0.5) is 11.4 Å². The molecule has 1 heterocycles. The molecule has 0 bridgehead atoms. The Kier molecular flexibility index (Phi) is 6.08. The van der Waals surface area contributed by atoms with Gasteiger partial charge in [-0.05, 0) is 55.7 Å². The Labute approximate surface area is 188 Å². The van der Waals surface area contributed by atoms with Gasteiger partial charge in [0.15, 0.2) is 0 Å². The molecule has 0 atom stereocenters. The van der Waals surface area contributed by atoms with Gasteiger partial charge in [-0.25, -0.2) is 4.90 Å². The summed E-state index contributed by atoms with van der Waals surface area (Å²) in [6.07, 6.45) is 0.887. The third kappa shape index (κ3) is 4.14. The minimum atomic E-state index is -0.378. The van der Waals surface area contributed by atoms with E-state index in [9.17, 15) is 9.59 Å². The number of carbonyl (C=O) groups excluding carboxylic acids is 2. The lowest BCUT2D eigenvalue weighted by atomic mass is 10.0. The Balaban J connectivity index is 1.77. The van der Waals surface area contributed by atoms with E-state index >= 15 is 0 Å². The SMILES string of the molecule is CCOc1cccc(NC2=C(c3ccc(C)cc3)C(=O)N(c3ccc(CC)cc3)C2=O)c1. The standard InChI is InChI=1S/C27H26N2O3/c1-4-19-11-15-22(16-12-19)29-26(30)24(20-13-9-18(3)10-14-20)25(27(29)31)28-21-7-6-8-23(17-21)32-5-2/h6-17,28H,4-5H2,1-3H3. The fourth-order valence-corrected chi connectivity index (χ4v) is 3.72. The minimum Gasteiger partial charge on any atom is -0.494 e. The smallest absolute Gasteiger partial charge is 0.282 e. The van der Waals surface area contributed by atoms with Crippen LogP contribution in [-0.2, 0) is 16.0 Å². The molecule has 4 rings (SSSR count). The zero-order valence-corrected chi connectivity index (χ0v) is 18.5. The van der Waals surface area contributed by atoms with Gasteiger partial charge in [0.05, 0.1) is 17.9 Å². The van der Waals surface area contributed by atoms with Crippen molar-refractivity contribution < 1.29 is 14.3 Å². The molecule has 0 aromatic heterocycles. The second-order valence-corrected chi connectivity index (χ2v) is 7.67. The van der Waals surface area contributed by atoms with Crippen molar-refractivity contribution in [2.24, 2.45) is 0 Å². The summed E-state index contributed by atoms with van der Waals surface area (Å²) in [5.74, 6) is -0.0260. The maximum Gasteiger partial charge on any atom is 0.282 e. The lowest BCUT2D eigenvalue weighted by Gasteiger charge is -2.16. The Hall–Kier alpha value is -3.86. The predicted octanol–water partition coefficient (Wildman–Crippen LogP) is 5.35. The van der Waals surface area contributed by atoms with E-state index in [0.29, 0.717) is 34.9 Å². The molecule has 5 nitrogen and oxygen atoms in total. The maximum absolute atomic E-state index is 13.5. The fourth-order valence-electron chi connectivity index (χ4n) is 3.72. The number of hydrogen-bond acceptors (Lipinski definition) is 4. The summed E-state index contributed by atoms with van der Waals surface area (Å²) in [4.78, 5) is 28.2. The van der Waals surface area contributed by atoms with Gasteiger partial charge in [0.25, 0.3) is 11.8 Å². The maximum atomic E-state index is 13.5. The Bertz CT molecular complexity index is 1180. The highest BCUT2D eigenvalue weighted by atomic mass is 16.5. The number of hydrogen-bond donors (Lipinski definition) is 1. The minimum absolute atomic E-state index is 0.257. The molecule has 0 unspecified atom stereocenters. The van der Waals surface area contributed by atoms with E-state index in [-0.39, 0.29) is 17.5 Å². The molecule has 0 radical (unpaired) electrons. The fraction of sp³-hybridized carbons (Fsp3) is 0.185. The van der Waals surface area contributed by atoms with Crippen molar-refractivity contribution in [3.63, 3.8) is 0 Å². The van der Waals surface area contributed by atoms with Gasteiger partial charge in [0.1, 0.15) is 11.4 Å². The highest BCUT2D eigenvalue weighted by Gasteiger charge is 2.40. The number of imide groups is 1. The van der Waals surface area contributed by atoms with Gasteiger partial charge in [-0.15, -0.1) is 0 Å². The van der Waals surface area contributed by atoms with Crippen LogP contribution in [0.15, 0.2) is 78.5 Å². The molecule has 0 saturated carbocycles. The molecule has 1 N–H and O–H groups in total. The van der Waals surface area contributed by atoms with Crippen LogP contribution in [0.1, 0.15) is 30.5 Å². The van der Waals surface area contributed by atoms with Crippen molar-refractivity contribution in [2.75, 3.05) is 16.8 Å². The van der Waals surface area contributed by atoms with Gasteiger partial charge in [0, 0.05) is 11.8 Å². The van der Waals surface area contributed by atoms with Crippen LogP contribution in [0.5, 0.6) is 5.75 Å². The average Bonchev–Trinajstić information content (AvgIpc) is 3.04. The van der Waals surface area contributed by atoms with Gasteiger partial charge in [-0.3, -0.25) is 9.59 Å². The summed E-state index contributed by atoms with van der Waals surface area (Å²) < 4.78 is 5.58. The normalized spacial score (nSPS) is 13.7. The van der Waals surface area contributed by atoms with E-state index in [1.165, 1.54) is 4.90 Å².